The molecule has 6 nitrogen and oxygen atoms in total. The van der Waals surface area contributed by atoms with E-state index < -0.39 is 0 Å². The minimum atomic E-state index is -0.337. The van der Waals surface area contributed by atoms with Crippen LogP contribution >= 0.6 is 11.6 Å². The van der Waals surface area contributed by atoms with Gasteiger partial charge in [0.15, 0.2) is 0 Å². The van der Waals surface area contributed by atoms with Gasteiger partial charge in [-0.25, -0.2) is 4.79 Å². The van der Waals surface area contributed by atoms with Crippen LogP contribution in [0.2, 0.25) is 5.02 Å². The average Bonchev–Trinajstić information content (AvgIpc) is 3.20. The maximum Gasteiger partial charge on any atom is 0.319 e. The van der Waals surface area contributed by atoms with Crippen LogP contribution in [0.25, 0.3) is 0 Å². The second-order valence-corrected chi connectivity index (χ2v) is 6.31. The molecule has 0 aliphatic heterocycles. The van der Waals surface area contributed by atoms with Crippen LogP contribution < -0.4 is 15.4 Å². The van der Waals surface area contributed by atoms with Crippen molar-refractivity contribution in [1.29, 1.82) is 0 Å². The van der Waals surface area contributed by atoms with Gasteiger partial charge < -0.3 is 19.9 Å². The van der Waals surface area contributed by atoms with Crippen LogP contribution in [0.1, 0.15) is 37.1 Å². The van der Waals surface area contributed by atoms with Gasteiger partial charge >= 0.3 is 6.03 Å². The molecular formula is C17H20ClN3O3. The molecule has 1 aliphatic carbocycles. The van der Waals surface area contributed by atoms with E-state index >= 15 is 0 Å². The summed E-state index contributed by atoms with van der Waals surface area (Å²) in [6.45, 7) is 2.09. The number of amides is 2. The maximum atomic E-state index is 11.9. The number of carbonyl (C=O) groups is 1. The van der Waals surface area contributed by atoms with E-state index in [0.29, 0.717) is 34.5 Å². The molecule has 1 fully saturated rings. The standard InChI is InChI=1S/C17H20ClN3O3/c1-11-8-13(21-24-11)10-19-17(22)20-12-6-7-16(15(18)9-12)23-14-4-2-3-5-14/h6-9,14H,2-5,10H2,1H3,(H2,19,20,22). The molecule has 1 saturated carbocycles. The Morgan fingerprint density at radius 3 is 2.83 bits per heavy atom. The first-order chi connectivity index (χ1) is 11.6. The van der Waals surface area contributed by atoms with Crippen molar-refractivity contribution in [3.63, 3.8) is 0 Å². The third-order valence-corrected chi connectivity index (χ3v) is 4.19. The molecule has 2 N–H and O–H groups in total. The summed E-state index contributed by atoms with van der Waals surface area (Å²) in [5, 5.41) is 9.75. The van der Waals surface area contributed by atoms with Gasteiger partial charge in [0.05, 0.1) is 17.7 Å². The van der Waals surface area contributed by atoms with Crippen LogP contribution in [0.5, 0.6) is 5.75 Å². The first kappa shape index (κ1) is 16.6. The van der Waals surface area contributed by atoms with Crippen molar-refractivity contribution < 1.29 is 14.1 Å². The summed E-state index contributed by atoms with van der Waals surface area (Å²) in [5.41, 5.74) is 1.27. The number of carbonyl (C=O) groups excluding carboxylic acids is 1. The van der Waals surface area contributed by atoms with Crippen LogP contribution in [0, 0.1) is 6.92 Å². The summed E-state index contributed by atoms with van der Waals surface area (Å²) >= 11 is 6.25. The molecule has 2 amide bonds. The average molecular weight is 350 g/mol. The van der Waals surface area contributed by atoms with Crippen LogP contribution in [0.15, 0.2) is 28.8 Å². The number of rotatable bonds is 5. The molecular weight excluding hydrogens is 330 g/mol. The van der Waals surface area contributed by atoms with E-state index in [1.54, 1.807) is 31.2 Å². The Bertz CT molecular complexity index is 711. The summed E-state index contributed by atoms with van der Waals surface area (Å²) in [6.07, 6.45) is 4.79. The number of hydrogen-bond acceptors (Lipinski definition) is 4. The Morgan fingerprint density at radius 1 is 1.38 bits per heavy atom. The molecule has 3 rings (SSSR count). The number of nitrogens with one attached hydrogen (secondary N) is 2. The Kier molecular flexibility index (Phi) is 5.25. The third-order valence-electron chi connectivity index (χ3n) is 3.89. The number of aryl methyl sites for hydroxylation is 1. The molecule has 128 valence electrons. The lowest BCUT2D eigenvalue weighted by atomic mass is 10.2. The predicted molar refractivity (Wildman–Crippen MR) is 91.4 cm³/mol. The van der Waals surface area contributed by atoms with Crippen LogP contribution in [-0.4, -0.2) is 17.3 Å². The zero-order valence-corrected chi connectivity index (χ0v) is 14.2. The topological polar surface area (TPSA) is 76.4 Å². The van der Waals surface area contributed by atoms with E-state index in [-0.39, 0.29) is 12.1 Å². The third kappa shape index (κ3) is 4.41. The van der Waals surface area contributed by atoms with Gasteiger partial charge in [0.1, 0.15) is 17.2 Å². The van der Waals surface area contributed by atoms with E-state index in [9.17, 15) is 4.79 Å². The van der Waals surface area contributed by atoms with Crippen LogP contribution in [-0.2, 0) is 6.54 Å². The highest BCUT2D eigenvalue weighted by molar-refractivity contribution is 6.32. The number of anilines is 1. The number of urea groups is 1. The monoisotopic (exact) mass is 349 g/mol. The SMILES string of the molecule is Cc1cc(CNC(=O)Nc2ccc(OC3CCCC3)c(Cl)c2)no1. The Hall–Kier alpha value is -2.21. The molecule has 2 aromatic rings. The summed E-state index contributed by atoms with van der Waals surface area (Å²) in [7, 11) is 0. The molecule has 1 heterocycles. The zero-order valence-electron chi connectivity index (χ0n) is 13.5. The fraction of sp³-hybridized carbons (Fsp3) is 0.412. The lowest BCUT2D eigenvalue weighted by Gasteiger charge is -2.15. The van der Waals surface area contributed by atoms with E-state index in [2.05, 4.69) is 15.8 Å². The maximum absolute atomic E-state index is 11.9. The molecule has 0 radical (unpaired) electrons. The number of hydrogen-bond donors (Lipinski definition) is 2. The zero-order chi connectivity index (χ0) is 16.9. The van der Waals surface area contributed by atoms with Gasteiger partial charge in [0.25, 0.3) is 0 Å². The van der Waals surface area contributed by atoms with Gasteiger partial charge in [0, 0.05) is 11.8 Å². The second-order valence-electron chi connectivity index (χ2n) is 5.91. The molecule has 0 saturated heterocycles. The van der Waals surface area contributed by atoms with Crippen molar-refractivity contribution in [2.24, 2.45) is 0 Å². The highest BCUT2D eigenvalue weighted by atomic mass is 35.5. The lowest BCUT2D eigenvalue weighted by molar-refractivity contribution is 0.210. The minimum absolute atomic E-state index is 0.246. The smallest absolute Gasteiger partial charge is 0.319 e. The summed E-state index contributed by atoms with van der Waals surface area (Å²) < 4.78 is 10.8. The number of benzene rings is 1. The van der Waals surface area contributed by atoms with Crippen molar-refractivity contribution >= 4 is 23.3 Å². The van der Waals surface area contributed by atoms with Gasteiger partial charge in [-0.15, -0.1) is 0 Å². The van der Waals surface area contributed by atoms with E-state index in [4.69, 9.17) is 20.9 Å². The molecule has 24 heavy (non-hydrogen) atoms. The van der Waals surface area contributed by atoms with Gasteiger partial charge in [0.2, 0.25) is 0 Å². The van der Waals surface area contributed by atoms with Crippen molar-refractivity contribution in [2.75, 3.05) is 5.32 Å². The molecule has 0 atom stereocenters. The molecule has 0 unspecified atom stereocenters. The Labute approximate surface area is 145 Å². The molecule has 7 heteroatoms. The minimum Gasteiger partial charge on any atom is -0.489 e. The van der Waals surface area contributed by atoms with E-state index in [0.717, 1.165) is 12.8 Å². The second kappa shape index (κ2) is 7.57. The van der Waals surface area contributed by atoms with E-state index in [1.165, 1.54) is 12.8 Å². The van der Waals surface area contributed by atoms with Crippen molar-refractivity contribution in [2.45, 2.75) is 45.3 Å². The molecule has 0 bridgehead atoms. The van der Waals surface area contributed by atoms with E-state index in [1.807, 2.05) is 0 Å². The summed E-state index contributed by atoms with van der Waals surface area (Å²) in [6, 6.07) is 6.68. The first-order valence-electron chi connectivity index (χ1n) is 8.03. The normalized spacial score (nSPS) is 14.6. The molecule has 1 aromatic heterocycles. The van der Waals surface area contributed by atoms with Gasteiger partial charge in [-0.1, -0.05) is 16.8 Å². The van der Waals surface area contributed by atoms with Gasteiger partial charge in [-0.05, 0) is 50.8 Å². The summed E-state index contributed by atoms with van der Waals surface area (Å²) in [4.78, 5) is 11.9. The Balaban J connectivity index is 1.52. The quantitative estimate of drug-likeness (QED) is 0.844. The van der Waals surface area contributed by atoms with Crippen molar-refractivity contribution in [3.05, 3.63) is 40.7 Å². The van der Waals surface area contributed by atoms with Crippen molar-refractivity contribution in [1.82, 2.24) is 10.5 Å². The molecule has 0 spiro atoms. The van der Waals surface area contributed by atoms with Gasteiger partial charge in [-0.2, -0.15) is 0 Å². The molecule has 1 aromatic carbocycles. The van der Waals surface area contributed by atoms with Gasteiger partial charge in [-0.3, -0.25) is 0 Å². The fourth-order valence-electron chi connectivity index (χ4n) is 2.71. The number of ether oxygens (including phenoxy) is 1. The Morgan fingerprint density at radius 2 is 2.17 bits per heavy atom. The first-order valence-corrected chi connectivity index (χ1v) is 8.41. The number of aromatic nitrogens is 1. The summed E-state index contributed by atoms with van der Waals surface area (Å²) in [5.74, 6) is 1.37. The number of nitrogens with zero attached hydrogens (tertiary/aromatic N) is 1. The largest absolute Gasteiger partial charge is 0.489 e. The van der Waals surface area contributed by atoms with Crippen LogP contribution in [0.3, 0.4) is 0 Å². The predicted octanol–water partition coefficient (Wildman–Crippen LogP) is 4.28. The number of halogens is 1. The van der Waals surface area contributed by atoms with Crippen molar-refractivity contribution in [3.8, 4) is 5.75 Å². The highest BCUT2D eigenvalue weighted by Crippen LogP contribution is 2.31. The fourth-order valence-corrected chi connectivity index (χ4v) is 2.93. The lowest BCUT2D eigenvalue weighted by Crippen LogP contribution is -2.28. The van der Waals surface area contributed by atoms with Crippen LogP contribution in [0.4, 0.5) is 10.5 Å². The molecule has 1 aliphatic rings. The highest BCUT2D eigenvalue weighted by Gasteiger charge is 2.18.